The van der Waals surface area contributed by atoms with Crippen LogP contribution in [0.25, 0.3) is 0 Å². The third kappa shape index (κ3) is 3.84. The molecule has 1 atom stereocenters. The number of likely N-dealkylation sites (tertiary alicyclic amines) is 1. The van der Waals surface area contributed by atoms with Crippen molar-refractivity contribution >= 4 is 11.9 Å². The second kappa shape index (κ2) is 7.25. The number of nitrogens with zero attached hydrogens (tertiary/aromatic N) is 1. The van der Waals surface area contributed by atoms with E-state index in [2.05, 4.69) is 6.92 Å². The minimum atomic E-state index is -0.421. The lowest BCUT2D eigenvalue weighted by Crippen LogP contribution is -2.41. The minimum absolute atomic E-state index is 0.0753. The van der Waals surface area contributed by atoms with E-state index in [4.69, 9.17) is 4.74 Å². The van der Waals surface area contributed by atoms with Crippen molar-refractivity contribution in [3.8, 4) is 0 Å². The number of hydrogen-bond acceptors (Lipinski definition) is 3. The number of carbonyl (C=O) groups excluding carboxylic acids is 2. The Hall–Kier alpha value is -1.84. The van der Waals surface area contributed by atoms with Crippen molar-refractivity contribution in [2.24, 2.45) is 0 Å². The Labute approximate surface area is 126 Å². The molecule has 2 rings (SSSR count). The second-order valence-corrected chi connectivity index (χ2v) is 5.55. The standard InChI is InChI=1S/C17H23NO3/c1-3-4-11-21-17(20)15-9-6-10-18(15)16(19)14-8-5-7-13(2)12-14/h5,7-8,12,15H,3-4,6,9-11H2,1-2H3. The van der Waals surface area contributed by atoms with Gasteiger partial charge in [-0.3, -0.25) is 4.79 Å². The van der Waals surface area contributed by atoms with Gasteiger partial charge in [0.15, 0.2) is 0 Å². The van der Waals surface area contributed by atoms with E-state index in [1.165, 1.54) is 0 Å². The molecule has 0 N–H and O–H groups in total. The van der Waals surface area contributed by atoms with Gasteiger partial charge in [-0.05, 0) is 38.3 Å². The molecule has 1 amide bonds. The number of hydrogen-bond donors (Lipinski definition) is 0. The summed E-state index contributed by atoms with van der Waals surface area (Å²) in [6.45, 7) is 5.08. The normalized spacial score (nSPS) is 17.8. The van der Waals surface area contributed by atoms with Gasteiger partial charge in [0.1, 0.15) is 6.04 Å². The topological polar surface area (TPSA) is 46.6 Å². The van der Waals surface area contributed by atoms with E-state index in [0.717, 1.165) is 24.8 Å². The van der Waals surface area contributed by atoms with E-state index in [1.54, 1.807) is 11.0 Å². The maximum absolute atomic E-state index is 12.6. The summed E-state index contributed by atoms with van der Waals surface area (Å²) in [7, 11) is 0. The molecule has 0 radical (unpaired) electrons. The van der Waals surface area contributed by atoms with Gasteiger partial charge in [-0.25, -0.2) is 4.79 Å². The maximum Gasteiger partial charge on any atom is 0.328 e. The van der Waals surface area contributed by atoms with Crippen molar-refractivity contribution in [3.05, 3.63) is 35.4 Å². The number of esters is 1. The van der Waals surface area contributed by atoms with Gasteiger partial charge in [0, 0.05) is 12.1 Å². The number of amides is 1. The zero-order valence-electron chi connectivity index (χ0n) is 12.8. The van der Waals surface area contributed by atoms with Crippen LogP contribution < -0.4 is 0 Å². The molecule has 1 aromatic carbocycles. The molecule has 1 unspecified atom stereocenters. The Morgan fingerprint density at radius 1 is 1.38 bits per heavy atom. The predicted octanol–water partition coefficient (Wildman–Crippen LogP) is 2.94. The van der Waals surface area contributed by atoms with Crippen LogP contribution in [-0.2, 0) is 9.53 Å². The number of aryl methyl sites for hydroxylation is 1. The van der Waals surface area contributed by atoms with Crippen LogP contribution in [0.15, 0.2) is 24.3 Å². The van der Waals surface area contributed by atoms with Gasteiger partial charge in [0.05, 0.1) is 6.61 Å². The van der Waals surface area contributed by atoms with Crippen LogP contribution in [0.5, 0.6) is 0 Å². The summed E-state index contributed by atoms with van der Waals surface area (Å²) in [6, 6.07) is 7.06. The van der Waals surface area contributed by atoms with Gasteiger partial charge in [-0.1, -0.05) is 31.0 Å². The molecule has 0 saturated carbocycles. The Balaban J connectivity index is 2.04. The summed E-state index contributed by atoms with van der Waals surface area (Å²) in [5.74, 6) is -0.337. The lowest BCUT2D eigenvalue weighted by Gasteiger charge is -2.23. The Kier molecular flexibility index (Phi) is 5.37. The number of unbranched alkanes of at least 4 members (excludes halogenated alkanes) is 1. The van der Waals surface area contributed by atoms with Crippen molar-refractivity contribution in [2.45, 2.75) is 45.6 Å². The number of carbonyl (C=O) groups is 2. The minimum Gasteiger partial charge on any atom is -0.464 e. The molecule has 1 saturated heterocycles. The highest BCUT2D eigenvalue weighted by atomic mass is 16.5. The molecule has 1 aliphatic rings. The molecule has 0 aliphatic carbocycles. The van der Waals surface area contributed by atoms with Crippen molar-refractivity contribution in [1.82, 2.24) is 4.90 Å². The molecule has 114 valence electrons. The molecule has 0 aromatic heterocycles. The Morgan fingerprint density at radius 3 is 2.90 bits per heavy atom. The largest absolute Gasteiger partial charge is 0.464 e. The third-order valence-corrected chi connectivity index (χ3v) is 3.79. The first-order valence-corrected chi connectivity index (χ1v) is 7.67. The molecule has 1 fully saturated rings. The number of benzene rings is 1. The highest BCUT2D eigenvalue weighted by Gasteiger charge is 2.35. The molecule has 1 aromatic rings. The molecule has 4 nitrogen and oxygen atoms in total. The van der Waals surface area contributed by atoms with Crippen LogP contribution in [0.2, 0.25) is 0 Å². The Bertz CT molecular complexity index is 513. The molecular formula is C17H23NO3. The van der Waals surface area contributed by atoms with Gasteiger partial charge in [0.2, 0.25) is 0 Å². The third-order valence-electron chi connectivity index (χ3n) is 3.79. The first-order valence-electron chi connectivity index (χ1n) is 7.67. The number of ether oxygens (including phenoxy) is 1. The van der Waals surface area contributed by atoms with Crippen LogP contribution in [0.4, 0.5) is 0 Å². The summed E-state index contributed by atoms with van der Waals surface area (Å²) in [5, 5.41) is 0. The van der Waals surface area contributed by atoms with E-state index in [-0.39, 0.29) is 11.9 Å². The smallest absolute Gasteiger partial charge is 0.328 e. The maximum atomic E-state index is 12.6. The highest BCUT2D eigenvalue weighted by Crippen LogP contribution is 2.21. The van der Waals surface area contributed by atoms with Gasteiger partial charge < -0.3 is 9.64 Å². The van der Waals surface area contributed by atoms with Crippen molar-refractivity contribution in [2.75, 3.05) is 13.2 Å². The molecule has 1 heterocycles. The van der Waals surface area contributed by atoms with Gasteiger partial charge in [-0.15, -0.1) is 0 Å². The van der Waals surface area contributed by atoms with E-state index in [0.29, 0.717) is 25.1 Å². The fraction of sp³-hybridized carbons (Fsp3) is 0.529. The summed E-state index contributed by atoms with van der Waals surface area (Å²) >= 11 is 0. The fourth-order valence-corrected chi connectivity index (χ4v) is 2.61. The van der Waals surface area contributed by atoms with Gasteiger partial charge in [-0.2, -0.15) is 0 Å². The highest BCUT2D eigenvalue weighted by molar-refractivity contribution is 5.97. The molecule has 0 bridgehead atoms. The summed E-state index contributed by atoms with van der Waals surface area (Å²) in [5.41, 5.74) is 1.69. The van der Waals surface area contributed by atoms with Crippen molar-refractivity contribution in [3.63, 3.8) is 0 Å². The summed E-state index contributed by atoms with van der Waals surface area (Å²) in [4.78, 5) is 26.3. The summed E-state index contributed by atoms with van der Waals surface area (Å²) in [6.07, 6.45) is 3.40. The van der Waals surface area contributed by atoms with E-state index in [9.17, 15) is 9.59 Å². The van der Waals surface area contributed by atoms with Crippen LogP contribution >= 0.6 is 0 Å². The zero-order valence-corrected chi connectivity index (χ0v) is 12.8. The molecule has 0 spiro atoms. The quantitative estimate of drug-likeness (QED) is 0.618. The SMILES string of the molecule is CCCCOC(=O)C1CCCN1C(=O)c1cccc(C)c1. The first kappa shape index (κ1) is 15.5. The van der Waals surface area contributed by atoms with Crippen LogP contribution in [-0.4, -0.2) is 36.0 Å². The molecule has 21 heavy (non-hydrogen) atoms. The average molecular weight is 289 g/mol. The second-order valence-electron chi connectivity index (χ2n) is 5.55. The van der Waals surface area contributed by atoms with Gasteiger partial charge >= 0.3 is 5.97 Å². The number of rotatable bonds is 5. The first-order chi connectivity index (χ1) is 10.1. The molecule has 4 heteroatoms. The molecule has 1 aliphatic heterocycles. The average Bonchev–Trinajstić information content (AvgIpc) is 2.96. The van der Waals surface area contributed by atoms with E-state index in [1.807, 2.05) is 25.1 Å². The van der Waals surface area contributed by atoms with Crippen molar-refractivity contribution < 1.29 is 14.3 Å². The molecular weight excluding hydrogens is 266 g/mol. The zero-order chi connectivity index (χ0) is 15.2. The van der Waals surface area contributed by atoms with Crippen LogP contribution in [0.3, 0.4) is 0 Å². The lowest BCUT2D eigenvalue weighted by molar-refractivity contribution is -0.148. The Morgan fingerprint density at radius 2 is 2.19 bits per heavy atom. The fourth-order valence-electron chi connectivity index (χ4n) is 2.61. The predicted molar refractivity (Wildman–Crippen MR) is 81.1 cm³/mol. The van der Waals surface area contributed by atoms with E-state index < -0.39 is 6.04 Å². The summed E-state index contributed by atoms with van der Waals surface area (Å²) < 4.78 is 5.27. The lowest BCUT2D eigenvalue weighted by atomic mass is 10.1. The van der Waals surface area contributed by atoms with Crippen molar-refractivity contribution in [1.29, 1.82) is 0 Å². The monoisotopic (exact) mass is 289 g/mol. The van der Waals surface area contributed by atoms with Crippen LogP contribution in [0, 0.1) is 6.92 Å². The van der Waals surface area contributed by atoms with Gasteiger partial charge in [0.25, 0.3) is 5.91 Å². The van der Waals surface area contributed by atoms with E-state index >= 15 is 0 Å². The van der Waals surface area contributed by atoms with Crippen LogP contribution in [0.1, 0.15) is 48.5 Å².